The number of piperazine rings is 1. The second-order valence-corrected chi connectivity index (χ2v) is 10.7. The number of hydrogen-bond acceptors (Lipinski definition) is 3. The van der Waals surface area contributed by atoms with Crippen LogP contribution in [0.15, 0.2) is 12.3 Å². The molecule has 6 rings (SSSR count). The maximum absolute atomic E-state index is 13.3. The van der Waals surface area contributed by atoms with E-state index in [9.17, 15) is 9.59 Å². The fourth-order valence-corrected chi connectivity index (χ4v) is 5.95. The lowest BCUT2D eigenvalue weighted by Gasteiger charge is -2.38. The maximum atomic E-state index is 13.3. The first-order valence-corrected chi connectivity index (χ1v) is 12.1. The van der Waals surface area contributed by atoms with Gasteiger partial charge in [0.05, 0.1) is 0 Å². The van der Waals surface area contributed by atoms with Crippen LogP contribution in [0.1, 0.15) is 79.4 Å². The molecule has 0 bridgehead atoms. The van der Waals surface area contributed by atoms with Gasteiger partial charge in [-0.05, 0) is 66.9 Å². The first kappa shape index (κ1) is 19.6. The number of fused-ring (bicyclic) bond motifs is 2. The Morgan fingerprint density at radius 3 is 2.55 bits per heavy atom. The van der Waals surface area contributed by atoms with Gasteiger partial charge < -0.3 is 9.80 Å². The Morgan fingerprint density at radius 1 is 1.16 bits per heavy atom. The number of carbonyl (C=O) groups is 2. The van der Waals surface area contributed by atoms with Crippen molar-refractivity contribution in [2.24, 2.45) is 11.8 Å². The van der Waals surface area contributed by atoms with Crippen LogP contribution >= 0.6 is 11.6 Å². The molecule has 3 heterocycles. The van der Waals surface area contributed by atoms with E-state index in [1.165, 1.54) is 24.8 Å². The highest BCUT2D eigenvalue weighted by Gasteiger charge is 2.49. The molecule has 31 heavy (non-hydrogen) atoms. The van der Waals surface area contributed by atoms with Crippen LogP contribution in [0.25, 0.3) is 5.65 Å². The molecule has 0 radical (unpaired) electrons. The van der Waals surface area contributed by atoms with Crippen LogP contribution in [0.4, 0.5) is 0 Å². The normalized spacial score (nSPS) is 28.0. The summed E-state index contributed by atoms with van der Waals surface area (Å²) < 4.78 is 1.88. The second-order valence-electron chi connectivity index (χ2n) is 10.3. The third kappa shape index (κ3) is 3.25. The fraction of sp³-hybridized carbons (Fsp3) is 0.625. The molecule has 1 saturated heterocycles. The van der Waals surface area contributed by atoms with Gasteiger partial charge in [0.2, 0.25) is 5.91 Å². The van der Waals surface area contributed by atoms with Gasteiger partial charge in [0, 0.05) is 25.3 Å². The molecule has 164 valence electrons. The van der Waals surface area contributed by atoms with Crippen LogP contribution in [0.2, 0.25) is 5.15 Å². The number of aromatic nitrogens is 2. The Balaban J connectivity index is 1.26. The van der Waals surface area contributed by atoms with Crippen LogP contribution in [-0.4, -0.2) is 56.7 Å². The molecule has 7 heteroatoms. The molecule has 2 aromatic rings. The van der Waals surface area contributed by atoms with Crippen molar-refractivity contribution in [3.63, 3.8) is 0 Å². The molecular formula is C24H29ClN4O2. The molecule has 0 aromatic carbocycles. The van der Waals surface area contributed by atoms with Crippen LogP contribution < -0.4 is 0 Å². The molecular weight excluding hydrogens is 412 g/mol. The van der Waals surface area contributed by atoms with Gasteiger partial charge in [-0.1, -0.05) is 31.5 Å². The molecule has 6 nitrogen and oxygen atoms in total. The summed E-state index contributed by atoms with van der Waals surface area (Å²) in [7, 11) is 0. The summed E-state index contributed by atoms with van der Waals surface area (Å²) in [4.78, 5) is 34.5. The summed E-state index contributed by atoms with van der Waals surface area (Å²) in [5.41, 5.74) is 3.40. The third-order valence-corrected chi connectivity index (χ3v) is 8.15. The van der Waals surface area contributed by atoms with Gasteiger partial charge in [0.1, 0.15) is 17.3 Å². The van der Waals surface area contributed by atoms with Crippen molar-refractivity contribution in [1.82, 2.24) is 19.2 Å². The predicted molar refractivity (Wildman–Crippen MR) is 119 cm³/mol. The summed E-state index contributed by atoms with van der Waals surface area (Å²) in [6, 6.07) is 2.60. The van der Waals surface area contributed by atoms with Crippen molar-refractivity contribution in [3.05, 3.63) is 34.2 Å². The van der Waals surface area contributed by atoms with Crippen molar-refractivity contribution in [1.29, 1.82) is 0 Å². The Bertz CT molecular complexity index is 1080. The van der Waals surface area contributed by atoms with Crippen LogP contribution in [0.3, 0.4) is 0 Å². The van der Waals surface area contributed by atoms with E-state index in [2.05, 4.69) is 24.9 Å². The minimum atomic E-state index is -0.237. The monoisotopic (exact) mass is 440 g/mol. The Labute approximate surface area is 187 Å². The zero-order valence-electron chi connectivity index (χ0n) is 18.2. The topological polar surface area (TPSA) is 57.9 Å². The molecule has 0 spiro atoms. The molecule has 2 aromatic heterocycles. The van der Waals surface area contributed by atoms with Gasteiger partial charge in [0.15, 0.2) is 5.69 Å². The highest BCUT2D eigenvalue weighted by Crippen LogP contribution is 2.53. The molecule has 2 amide bonds. The molecule has 1 aliphatic heterocycles. The highest BCUT2D eigenvalue weighted by molar-refractivity contribution is 6.33. The van der Waals surface area contributed by atoms with Crippen LogP contribution in [-0.2, 0) is 4.79 Å². The smallest absolute Gasteiger partial charge is 0.276 e. The molecule has 4 aliphatic rings. The molecule has 3 aliphatic carbocycles. The summed E-state index contributed by atoms with van der Waals surface area (Å²) in [5.74, 6) is 2.37. The van der Waals surface area contributed by atoms with E-state index in [4.69, 9.17) is 11.6 Å². The van der Waals surface area contributed by atoms with E-state index in [1.807, 2.05) is 15.5 Å². The van der Waals surface area contributed by atoms with Gasteiger partial charge in [-0.3, -0.25) is 14.0 Å². The average molecular weight is 441 g/mol. The molecule has 0 N–H and O–H groups in total. The SMILES string of the molecule is CC(C)c1cc(C2CC2)cn2c(Cl)c(C(=O)N3CCN(C4CC5CC5C4)C(=O)C3)nc12. The van der Waals surface area contributed by atoms with Crippen molar-refractivity contribution in [3.8, 4) is 0 Å². The third-order valence-electron chi connectivity index (χ3n) is 7.79. The number of imidazole rings is 1. The number of amides is 2. The summed E-state index contributed by atoms with van der Waals surface area (Å²) in [6.45, 7) is 5.56. The zero-order valence-corrected chi connectivity index (χ0v) is 18.9. The maximum Gasteiger partial charge on any atom is 0.276 e. The lowest BCUT2D eigenvalue weighted by Crippen LogP contribution is -2.55. The quantitative estimate of drug-likeness (QED) is 0.720. The summed E-state index contributed by atoms with van der Waals surface area (Å²) in [5, 5.41) is 0.357. The van der Waals surface area contributed by atoms with Gasteiger partial charge in [-0.25, -0.2) is 4.98 Å². The van der Waals surface area contributed by atoms with E-state index in [-0.39, 0.29) is 30.0 Å². The van der Waals surface area contributed by atoms with Crippen LogP contribution in [0.5, 0.6) is 0 Å². The fourth-order valence-electron chi connectivity index (χ4n) is 5.70. The van der Waals surface area contributed by atoms with E-state index >= 15 is 0 Å². The van der Waals surface area contributed by atoms with Gasteiger partial charge in [0.25, 0.3) is 5.91 Å². The van der Waals surface area contributed by atoms with Gasteiger partial charge in [-0.2, -0.15) is 0 Å². The Kier molecular flexibility index (Phi) is 4.40. The number of hydrogen-bond donors (Lipinski definition) is 0. The van der Waals surface area contributed by atoms with Crippen molar-refractivity contribution in [2.45, 2.75) is 63.8 Å². The minimum absolute atomic E-state index is 0.0599. The highest BCUT2D eigenvalue weighted by atomic mass is 35.5. The number of pyridine rings is 1. The predicted octanol–water partition coefficient (Wildman–Crippen LogP) is 4.07. The largest absolute Gasteiger partial charge is 0.336 e. The molecule has 4 fully saturated rings. The lowest BCUT2D eigenvalue weighted by molar-refractivity contribution is -0.137. The number of halogens is 1. The molecule has 2 unspecified atom stereocenters. The van der Waals surface area contributed by atoms with E-state index < -0.39 is 0 Å². The summed E-state index contributed by atoms with van der Waals surface area (Å²) in [6.07, 6.45) is 8.08. The first-order chi connectivity index (χ1) is 14.9. The Morgan fingerprint density at radius 2 is 1.90 bits per heavy atom. The van der Waals surface area contributed by atoms with Crippen LogP contribution in [0, 0.1) is 11.8 Å². The number of rotatable bonds is 4. The van der Waals surface area contributed by atoms with Crippen molar-refractivity contribution < 1.29 is 9.59 Å². The van der Waals surface area contributed by atoms with Gasteiger partial charge in [-0.15, -0.1) is 0 Å². The first-order valence-electron chi connectivity index (χ1n) is 11.7. The van der Waals surface area contributed by atoms with E-state index in [0.717, 1.165) is 35.9 Å². The standard InChI is InChI=1S/C24H29ClN4O2/c1-13(2)19-10-17(14-3-4-14)11-29-22(25)21(26-23(19)29)24(31)27-5-6-28(20(30)12-27)18-8-15-7-16(15)9-18/h10-11,13-16,18H,3-9,12H2,1-2H3. The zero-order chi connectivity index (χ0) is 21.4. The van der Waals surface area contributed by atoms with Gasteiger partial charge >= 0.3 is 0 Å². The van der Waals surface area contributed by atoms with Crippen molar-refractivity contribution >= 4 is 29.1 Å². The molecule has 2 atom stereocenters. The summed E-state index contributed by atoms with van der Waals surface area (Å²) >= 11 is 6.69. The number of nitrogens with zero attached hydrogens (tertiary/aromatic N) is 4. The molecule has 3 saturated carbocycles. The lowest BCUT2D eigenvalue weighted by atomic mass is 10.0. The average Bonchev–Trinajstić information content (AvgIpc) is 3.67. The van der Waals surface area contributed by atoms with Crippen molar-refractivity contribution in [2.75, 3.05) is 19.6 Å². The number of carbonyl (C=O) groups excluding carboxylic acids is 2. The van der Waals surface area contributed by atoms with E-state index in [0.29, 0.717) is 30.2 Å². The minimum Gasteiger partial charge on any atom is -0.336 e. The second kappa shape index (κ2) is 6.96. The van der Waals surface area contributed by atoms with E-state index in [1.54, 1.807) is 4.90 Å². The Hall–Kier alpha value is -2.08.